The topological polar surface area (TPSA) is 346 Å². The Kier molecular flexibility index (Phi) is 23.1. The number of aromatic nitrogens is 1. The van der Waals surface area contributed by atoms with E-state index < -0.39 is 79.9 Å². The molecule has 2 aromatic carbocycles. The second-order valence-corrected chi connectivity index (χ2v) is 14.6. The van der Waals surface area contributed by atoms with Crippen molar-refractivity contribution in [3.8, 4) is 11.3 Å². The molecule has 336 valence electrons. The Morgan fingerprint density at radius 1 is 0.650 bits per heavy atom. The summed E-state index contributed by atoms with van der Waals surface area (Å²) >= 11 is 0. The third-order valence-electron chi connectivity index (χ3n) is 9.86. The highest BCUT2D eigenvalue weighted by Gasteiger charge is 2.30. The van der Waals surface area contributed by atoms with Crippen molar-refractivity contribution in [3.63, 3.8) is 0 Å². The van der Waals surface area contributed by atoms with Gasteiger partial charge in [-0.1, -0.05) is 68.9 Å². The standard InChI is InChI=1S/C27H28N2O5.2C7H17NO5/c30-25(28-21-14-19(26(31)32)13-20(15-21)27(33)34)22-16-23(18-10-6-3-7-11-18)29-24(22)12-17-8-4-1-2-5-9-17;2*1-8-2-4(10)6(12)7(13)5(11)3-9/h3,6-7,10-11,13-17,29H,1-2,4-5,8-9,12H2,(H,28,30)(H,31,32)(H,33,34);2*4-13H,2-3H2,1H3/t;2*4-,5+,6+,7+/m.00/s1. The second kappa shape index (κ2) is 26.8. The third kappa shape index (κ3) is 16.6. The monoisotopic (exact) mass is 850 g/mol. The molecule has 1 heterocycles. The van der Waals surface area contributed by atoms with Crippen LogP contribution in [0.5, 0.6) is 0 Å². The number of anilines is 1. The summed E-state index contributed by atoms with van der Waals surface area (Å²) in [6, 6.07) is 15.2. The zero-order valence-corrected chi connectivity index (χ0v) is 33.8. The number of hydrogen-bond donors (Lipinski definition) is 16. The number of likely N-dealkylation sites (N-methyl/N-ethyl adjacent to an activating group) is 2. The number of rotatable bonds is 19. The Balaban J connectivity index is 0.000000393. The number of carbonyl (C=O) groups is 3. The van der Waals surface area contributed by atoms with Crippen molar-refractivity contribution in [2.75, 3.05) is 45.7 Å². The van der Waals surface area contributed by atoms with Gasteiger partial charge in [-0.15, -0.1) is 0 Å². The molecule has 8 atom stereocenters. The van der Waals surface area contributed by atoms with E-state index in [-0.39, 0.29) is 29.9 Å². The van der Waals surface area contributed by atoms with Crippen molar-refractivity contribution in [1.29, 1.82) is 0 Å². The Bertz CT molecular complexity index is 1660. The molecule has 16 N–H and O–H groups in total. The van der Waals surface area contributed by atoms with Gasteiger partial charge >= 0.3 is 11.9 Å². The van der Waals surface area contributed by atoms with Gasteiger partial charge in [-0.3, -0.25) is 4.79 Å². The molecule has 60 heavy (non-hydrogen) atoms. The van der Waals surface area contributed by atoms with Crippen molar-refractivity contribution < 1.29 is 75.7 Å². The first-order valence-electron chi connectivity index (χ1n) is 19.6. The molecular formula is C41H62N4O15. The molecule has 19 nitrogen and oxygen atoms in total. The molecule has 4 rings (SSSR count). The van der Waals surface area contributed by atoms with Gasteiger partial charge in [-0.25, -0.2) is 9.59 Å². The number of hydrogen-bond acceptors (Lipinski definition) is 15. The van der Waals surface area contributed by atoms with E-state index in [9.17, 15) is 34.8 Å². The highest BCUT2D eigenvalue weighted by atomic mass is 16.4. The normalized spacial score (nSPS) is 17.1. The van der Waals surface area contributed by atoms with E-state index in [1.807, 2.05) is 36.4 Å². The van der Waals surface area contributed by atoms with Crippen molar-refractivity contribution in [2.24, 2.45) is 5.92 Å². The molecule has 0 bridgehead atoms. The summed E-state index contributed by atoms with van der Waals surface area (Å²) in [6.07, 6.45) is -3.41. The van der Waals surface area contributed by atoms with Crippen LogP contribution in [0.15, 0.2) is 54.6 Å². The van der Waals surface area contributed by atoms with E-state index in [4.69, 9.17) is 40.9 Å². The number of aliphatic hydroxyl groups is 10. The minimum Gasteiger partial charge on any atom is -0.478 e. The van der Waals surface area contributed by atoms with Gasteiger partial charge in [0.2, 0.25) is 0 Å². The number of aromatic amines is 1. The summed E-state index contributed by atoms with van der Waals surface area (Å²) in [5, 5.41) is 116. The van der Waals surface area contributed by atoms with Crippen molar-refractivity contribution in [1.82, 2.24) is 15.6 Å². The van der Waals surface area contributed by atoms with Gasteiger partial charge in [0, 0.05) is 30.2 Å². The first-order valence-corrected chi connectivity index (χ1v) is 19.6. The fraction of sp³-hybridized carbons (Fsp3) is 0.537. The highest BCUT2D eigenvalue weighted by molar-refractivity contribution is 6.07. The Morgan fingerprint density at radius 3 is 1.52 bits per heavy atom. The highest BCUT2D eigenvalue weighted by Crippen LogP contribution is 2.30. The molecule has 1 amide bonds. The molecule has 1 aliphatic rings. The van der Waals surface area contributed by atoms with Crippen LogP contribution in [0.2, 0.25) is 0 Å². The summed E-state index contributed by atoms with van der Waals surface area (Å²) < 4.78 is 0. The van der Waals surface area contributed by atoms with E-state index in [2.05, 4.69) is 20.9 Å². The van der Waals surface area contributed by atoms with Gasteiger partial charge in [0.25, 0.3) is 5.91 Å². The molecular weight excluding hydrogens is 788 g/mol. The van der Waals surface area contributed by atoms with Crippen molar-refractivity contribution in [3.05, 3.63) is 77.0 Å². The second-order valence-electron chi connectivity index (χ2n) is 14.6. The zero-order valence-electron chi connectivity index (χ0n) is 33.8. The maximum absolute atomic E-state index is 13.3. The smallest absolute Gasteiger partial charge is 0.335 e. The minimum atomic E-state index is -1.55. The molecule has 1 aromatic heterocycles. The van der Waals surface area contributed by atoms with E-state index in [0.717, 1.165) is 42.3 Å². The van der Waals surface area contributed by atoms with Crippen LogP contribution in [0.1, 0.15) is 75.3 Å². The molecule has 19 heteroatoms. The Morgan fingerprint density at radius 2 is 1.10 bits per heavy atom. The predicted octanol–water partition coefficient (Wildman–Crippen LogP) is -0.873. The van der Waals surface area contributed by atoms with Crippen molar-refractivity contribution in [2.45, 2.75) is 93.8 Å². The first kappa shape index (κ1) is 51.8. The summed E-state index contributed by atoms with van der Waals surface area (Å²) in [7, 11) is 3.15. The lowest BCUT2D eigenvalue weighted by molar-refractivity contribution is -0.113. The fourth-order valence-electron chi connectivity index (χ4n) is 6.42. The predicted molar refractivity (Wildman–Crippen MR) is 220 cm³/mol. The molecule has 0 spiro atoms. The summed E-state index contributed by atoms with van der Waals surface area (Å²) in [6.45, 7) is -1.14. The summed E-state index contributed by atoms with van der Waals surface area (Å²) in [4.78, 5) is 39.6. The van der Waals surface area contributed by atoms with Crippen LogP contribution in [0.3, 0.4) is 0 Å². The van der Waals surface area contributed by atoms with Crippen LogP contribution >= 0.6 is 0 Å². The van der Waals surface area contributed by atoms with E-state index in [1.165, 1.54) is 37.8 Å². The minimum absolute atomic E-state index is 0.0936. The summed E-state index contributed by atoms with van der Waals surface area (Å²) in [5.41, 5.74) is 2.85. The first-order chi connectivity index (χ1) is 28.5. The SMILES string of the molecule is CNC[C@H](O)[C@@H](O)[C@H](O)[C@H](O)CO.CNC[C@H](O)[C@@H](O)[C@H](O)[C@H](O)CO.O=C(O)c1cc(NC(=O)c2cc(-c3ccccc3)[nH]c2CC2CCCCCC2)cc(C(=O)O)c1. The van der Waals surface area contributed by atoms with Crippen LogP contribution in [0, 0.1) is 5.92 Å². The molecule has 0 radical (unpaired) electrons. The molecule has 1 fully saturated rings. The fourth-order valence-corrected chi connectivity index (χ4v) is 6.42. The Hall–Kier alpha value is -4.35. The number of H-pyrrole nitrogens is 1. The lowest BCUT2D eigenvalue weighted by Gasteiger charge is -2.25. The number of carbonyl (C=O) groups excluding carboxylic acids is 1. The number of nitrogens with one attached hydrogen (secondary N) is 4. The van der Waals surface area contributed by atoms with Gasteiger partial charge in [0.1, 0.15) is 36.6 Å². The van der Waals surface area contributed by atoms with Gasteiger partial charge in [0.05, 0.1) is 42.1 Å². The van der Waals surface area contributed by atoms with Crippen molar-refractivity contribution >= 4 is 23.5 Å². The molecule has 0 unspecified atom stereocenters. The number of aromatic carboxylic acids is 2. The molecule has 1 aliphatic carbocycles. The van der Waals surface area contributed by atoms with E-state index >= 15 is 0 Å². The van der Waals surface area contributed by atoms with Crippen LogP contribution in [-0.2, 0) is 6.42 Å². The summed E-state index contributed by atoms with van der Waals surface area (Å²) in [5.74, 6) is -2.44. The van der Waals surface area contributed by atoms with Gasteiger partial charge in [-0.05, 0) is 56.3 Å². The molecule has 0 aliphatic heterocycles. The number of amides is 1. The lowest BCUT2D eigenvalue weighted by Crippen LogP contribution is -2.48. The Labute approximate surface area is 348 Å². The van der Waals surface area contributed by atoms with E-state index in [0.29, 0.717) is 11.5 Å². The largest absolute Gasteiger partial charge is 0.478 e. The van der Waals surface area contributed by atoms with Crippen LogP contribution < -0.4 is 16.0 Å². The maximum atomic E-state index is 13.3. The quantitative estimate of drug-likeness (QED) is 0.0652. The van der Waals surface area contributed by atoms with Gasteiger partial charge < -0.3 is 82.2 Å². The number of benzene rings is 2. The number of carboxylic acid groups (broad SMARTS) is 2. The average Bonchev–Trinajstić information content (AvgIpc) is 3.50. The number of aliphatic hydroxyl groups excluding tert-OH is 10. The van der Waals surface area contributed by atoms with Crippen LogP contribution in [0.4, 0.5) is 5.69 Å². The number of carboxylic acids is 2. The molecule has 3 aromatic rings. The zero-order chi connectivity index (χ0) is 44.9. The van der Waals surface area contributed by atoms with Crippen LogP contribution in [-0.4, -0.2) is 173 Å². The van der Waals surface area contributed by atoms with Gasteiger partial charge in [0.15, 0.2) is 0 Å². The van der Waals surface area contributed by atoms with E-state index in [1.54, 1.807) is 14.1 Å². The lowest BCUT2D eigenvalue weighted by atomic mass is 9.93. The molecule has 1 saturated carbocycles. The maximum Gasteiger partial charge on any atom is 0.335 e. The van der Waals surface area contributed by atoms with Gasteiger partial charge in [-0.2, -0.15) is 0 Å². The average molecular weight is 851 g/mol. The van der Waals surface area contributed by atoms with Crippen LogP contribution in [0.25, 0.3) is 11.3 Å². The molecule has 0 saturated heterocycles. The third-order valence-corrected chi connectivity index (χ3v) is 9.86.